The zero-order valence-electron chi connectivity index (χ0n) is 13.5. The fourth-order valence-corrected chi connectivity index (χ4v) is 2.36. The molecule has 4 nitrogen and oxygen atoms in total. The summed E-state index contributed by atoms with van der Waals surface area (Å²) < 4.78 is 5.18. The van der Waals surface area contributed by atoms with Crippen molar-refractivity contribution >= 4 is 5.91 Å². The minimum atomic E-state index is -0.174. The maximum absolute atomic E-state index is 12.1. The highest BCUT2D eigenvalue weighted by Crippen LogP contribution is 2.28. The van der Waals surface area contributed by atoms with Crippen LogP contribution in [0.1, 0.15) is 39.2 Å². The van der Waals surface area contributed by atoms with Crippen LogP contribution in [0.3, 0.4) is 0 Å². The molecular weight excluding hydrogens is 264 g/mol. The Bertz CT molecular complexity index is 473. The number of benzene rings is 1. The van der Waals surface area contributed by atoms with Crippen molar-refractivity contribution in [1.82, 2.24) is 10.2 Å². The van der Waals surface area contributed by atoms with Crippen molar-refractivity contribution in [2.75, 3.05) is 13.7 Å². The van der Waals surface area contributed by atoms with Gasteiger partial charge in [0.2, 0.25) is 5.91 Å². The van der Waals surface area contributed by atoms with Crippen LogP contribution in [0.15, 0.2) is 24.3 Å². The first-order chi connectivity index (χ1) is 9.87. The molecule has 0 bridgehead atoms. The molecule has 1 amide bonds. The van der Waals surface area contributed by atoms with Gasteiger partial charge in [-0.2, -0.15) is 0 Å². The van der Waals surface area contributed by atoms with Crippen molar-refractivity contribution < 1.29 is 9.53 Å². The molecule has 1 aromatic carbocycles. The van der Waals surface area contributed by atoms with Crippen LogP contribution in [0.2, 0.25) is 0 Å². The number of ether oxygens (including phenoxy) is 1. The first-order valence-electron chi connectivity index (χ1n) is 7.55. The lowest BCUT2D eigenvalue weighted by atomic mass is 10.1. The van der Waals surface area contributed by atoms with E-state index in [4.69, 9.17) is 4.74 Å². The molecule has 0 unspecified atom stereocenters. The second-order valence-electron chi connectivity index (χ2n) is 6.78. The summed E-state index contributed by atoms with van der Waals surface area (Å²) in [6.45, 7) is 7.31. The van der Waals surface area contributed by atoms with E-state index in [9.17, 15) is 4.79 Å². The number of nitrogens with zero attached hydrogens (tertiary/aromatic N) is 1. The Balaban J connectivity index is 1.94. The molecule has 116 valence electrons. The molecule has 2 rings (SSSR count). The summed E-state index contributed by atoms with van der Waals surface area (Å²) in [6.07, 6.45) is 2.39. The summed E-state index contributed by atoms with van der Waals surface area (Å²) >= 11 is 0. The number of carbonyl (C=O) groups excluding carboxylic acids is 1. The van der Waals surface area contributed by atoms with E-state index >= 15 is 0 Å². The second-order valence-corrected chi connectivity index (χ2v) is 6.78. The molecule has 21 heavy (non-hydrogen) atoms. The summed E-state index contributed by atoms with van der Waals surface area (Å²) in [5, 5.41) is 3.04. The zero-order valence-corrected chi connectivity index (χ0v) is 13.5. The van der Waals surface area contributed by atoms with E-state index in [1.165, 1.54) is 18.4 Å². The smallest absolute Gasteiger partial charge is 0.234 e. The monoisotopic (exact) mass is 290 g/mol. The number of hydrogen-bond donors (Lipinski definition) is 1. The number of methoxy groups -OCH3 is 1. The molecule has 1 aliphatic rings. The van der Waals surface area contributed by atoms with Crippen molar-refractivity contribution in [3.63, 3.8) is 0 Å². The Morgan fingerprint density at radius 2 is 1.90 bits per heavy atom. The molecule has 1 aromatic rings. The van der Waals surface area contributed by atoms with Crippen LogP contribution in [-0.4, -0.2) is 36.0 Å². The van der Waals surface area contributed by atoms with Gasteiger partial charge in [0, 0.05) is 18.1 Å². The Hall–Kier alpha value is -1.55. The van der Waals surface area contributed by atoms with Gasteiger partial charge in [-0.05, 0) is 51.3 Å². The average Bonchev–Trinajstić information content (AvgIpc) is 3.21. The third-order valence-corrected chi connectivity index (χ3v) is 3.47. The van der Waals surface area contributed by atoms with Crippen LogP contribution in [0.4, 0.5) is 0 Å². The molecule has 0 heterocycles. The fraction of sp³-hybridized carbons (Fsp3) is 0.588. The third kappa shape index (κ3) is 5.38. The molecule has 0 saturated heterocycles. The Kier molecular flexibility index (Phi) is 4.88. The lowest BCUT2D eigenvalue weighted by Crippen LogP contribution is -2.46. The van der Waals surface area contributed by atoms with Crippen molar-refractivity contribution in [3.8, 4) is 5.75 Å². The molecule has 1 saturated carbocycles. The SMILES string of the molecule is COc1ccc(CN(CC(=O)NC(C)(C)C)C2CC2)cc1. The van der Waals surface area contributed by atoms with Gasteiger partial charge in [0.15, 0.2) is 0 Å². The molecule has 1 aliphatic carbocycles. The minimum absolute atomic E-state index is 0.0999. The molecule has 0 aliphatic heterocycles. The summed E-state index contributed by atoms with van der Waals surface area (Å²) in [5.41, 5.74) is 1.04. The van der Waals surface area contributed by atoms with E-state index in [0.717, 1.165) is 12.3 Å². The quantitative estimate of drug-likeness (QED) is 0.875. The first kappa shape index (κ1) is 15.8. The van der Waals surface area contributed by atoms with Crippen LogP contribution in [0.5, 0.6) is 5.75 Å². The van der Waals surface area contributed by atoms with Gasteiger partial charge in [0.05, 0.1) is 13.7 Å². The Labute approximate surface area is 127 Å². The largest absolute Gasteiger partial charge is 0.497 e. The molecule has 1 N–H and O–H groups in total. The van der Waals surface area contributed by atoms with Gasteiger partial charge in [-0.1, -0.05) is 12.1 Å². The Morgan fingerprint density at radius 1 is 1.29 bits per heavy atom. The number of nitrogens with one attached hydrogen (secondary N) is 1. The van der Waals surface area contributed by atoms with Crippen LogP contribution in [-0.2, 0) is 11.3 Å². The van der Waals surface area contributed by atoms with Crippen molar-refractivity contribution in [3.05, 3.63) is 29.8 Å². The van der Waals surface area contributed by atoms with E-state index in [2.05, 4.69) is 22.3 Å². The predicted molar refractivity (Wildman–Crippen MR) is 84.3 cm³/mol. The number of hydrogen-bond acceptors (Lipinski definition) is 3. The number of amides is 1. The topological polar surface area (TPSA) is 41.6 Å². The normalized spacial score (nSPS) is 15.1. The third-order valence-electron chi connectivity index (χ3n) is 3.47. The van der Waals surface area contributed by atoms with Crippen LogP contribution >= 0.6 is 0 Å². The highest BCUT2D eigenvalue weighted by atomic mass is 16.5. The van der Waals surface area contributed by atoms with Gasteiger partial charge < -0.3 is 10.1 Å². The summed E-state index contributed by atoms with van der Waals surface area (Å²) in [7, 11) is 1.67. The van der Waals surface area contributed by atoms with Gasteiger partial charge in [-0.15, -0.1) is 0 Å². The molecular formula is C17H26N2O2. The van der Waals surface area contributed by atoms with Crippen LogP contribution < -0.4 is 10.1 Å². The van der Waals surface area contributed by atoms with Crippen molar-refractivity contribution in [2.24, 2.45) is 0 Å². The van der Waals surface area contributed by atoms with Crippen molar-refractivity contribution in [1.29, 1.82) is 0 Å². The Morgan fingerprint density at radius 3 is 2.38 bits per heavy atom. The van der Waals surface area contributed by atoms with Gasteiger partial charge in [0.25, 0.3) is 0 Å². The lowest BCUT2D eigenvalue weighted by molar-refractivity contribution is -0.123. The lowest BCUT2D eigenvalue weighted by Gasteiger charge is -2.25. The van der Waals surface area contributed by atoms with Crippen LogP contribution in [0.25, 0.3) is 0 Å². The number of carbonyl (C=O) groups is 1. The molecule has 4 heteroatoms. The average molecular weight is 290 g/mol. The molecule has 1 fully saturated rings. The van der Waals surface area contributed by atoms with E-state index < -0.39 is 0 Å². The fourth-order valence-electron chi connectivity index (χ4n) is 2.36. The number of rotatable bonds is 6. The van der Waals surface area contributed by atoms with E-state index in [0.29, 0.717) is 12.6 Å². The maximum Gasteiger partial charge on any atom is 0.234 e. The maximum atomic E-state index is 12.1. The van der Waals surface area contributed by atoms with E-state index in [1.807, 2.05) is 32.9 Å². The second kappa shape index (κ2) is 6.48. The van der Waals surface area contributed by atoms with E-state index in [-0.39, 0.29) is 11.4 Å². The van der Waals surface area contributed by atoms with Crippen molar-refractivity contribution in [2.45, 2.75) is 51.7 Å². The molecule has 0 atom stereocenters. The van der Waals surface area contributed by atoms with Gasteiger partial charge in [-0.3, -0.25) is 9.69 Å². The van der Waals surface area contributed by atoms with E-state index in [1.54, 1.807) is 7.11 Å². The van der Waals surface area contributed by atoms with Gasteiger partial charge in [-0.25, -0.2) is 0 Å². The summed E-state index contributed by atoms with van der Waals surface area (Å²) in [6, 6.07) is 8.62. The highest BCUT2D eigenvalue weighted by molar-refractivity contribution is 5.78. The standard InChI is InChI=1S/C17H26N2O2/c1-17(2,3)18-16(20)12-19(14-7-8-14)11-13-5-9-15(21-4)10-6-13/h5-6,9-10,14H,7-8,11-12H2,1-4H3,(H,18,20). The zero-order chi connectivity index (χ0) is 15.5. The summed E-state index contributed by atoms with van der Waals surface area (Å²) in [5.74, 6) is 0.963. The minimum Gasteiger partial charge on any atom is -0.497 e. The summed E-state index contributed by atoms with van der Waals surface area (Å²) in [4.78, 5) is 14.4. The van der Waals surface area contributed by atoms with Crippen LogP contribution in [0, 0.1) is 0 Å². The molecule has 0 radical (unpaired) electrons. The van der Waals surface area contributed by atoms with Gasteiger partial charge >= 0.3 is 0 Å². The predicted octanol–water partition coefficient (Wildman–Crippen LogP) is 2.57. The molecule has 0 aromatic heterocycles. The highest BCUT2D eigenvalue weighted by Gasteiger charge is 2.30. The van der Waals surface area contributed by atoms with Gasteiger partial charge in [0.1, 0.15) is 5.75 Å². The first-order valence-corrected chi connectivity index (χ1v) is 7.55. The molecule has 0 spiro atoms.